The summed E-state index contributed by atoms with van der Waals surface area (Å²) in [5.74, 6) is 1.60. The number of phenols is 1. The Labute approximate surface area is 286 Å². The Hall–Kier alpha value is -4.70. The highest BCUT2D eigenvalue weighted by Gasteiger charge is 2.30. The molecule has 4 heteroatoms. The van der Waals surface area contributed by atoms with Gasteiger partial charge in [-0.25, -0.2) is 4.98 Å². The Bertz CT molecular complexity index is 2080. The van der Waals surface area contributed by atoms with Gasteiger partial charge in [0.05, 0.1) is 28.0 Å². The van der Waals surface area contributed by atoms with Crippen molar-refractivity contribution in [2.24, 2.45) is 0 Å². The van der Waals surface area contributed by atoms with Gasteiger partial charge in [0.1, 0.15) is 11.6 Å². The van der Waals surface area contributed by atoms with Crippen LogP contribution in [0, 0.1) is 0 Å². The summed E-state index contributed by atoms with van der Waals surface area (Å²) in [7, 11) is 0. The van der Waals surface area contributed by atoms with E-state index in [9.17, 15) is 5.11 Å². The third-order valence-corrected chi connectivity index (χ3v) is 9.41. The summed E-state index contributed by atoms with van der Waals surface area (Å²) in [5, 5.41) is 12.2. The van der Waals surface area contributed by atoms with Crippen LogP contribution in [0.4, 0.5) is 0 Å². The van der Waals surface area contributed by atoms with E-state index in [4.69, 9.17) is 4.98 Å². The number of benzene rings is 4. The summed E-state index contributed by atoms with van der Waals surface area (Å²) in [4.78, 5) is 10.1. The molecule has 0 aliphatic heterocycles. The van der Waals surface area contributed by atoms with Crippen molar-refractivity contribution in [1.29, 1.82) is 0 Å². The highest BCUT2D eigenvalue weighted by Crippen LogP contribution is 2.46. The van der Waals surface area contributed by atoms with Crippen LogP contribution in [0.15, 0.2) is 97.2 Å². The summed E-state index contributed by atoms with van der Waals surface area (Å²) in [6.07, 6.45) is 1.83. The normalized spacial score (nSPS) is 12.4. The van der Waals surface area contributed by atoms with Gasteiger partial charge in [0.15, 0.2) is 0 Å². The van der Waals surface area contributed by atoms with Gasteiger partial charge in [-0.15, -0.1) is 0 Å². The number of fused-ring (bicyclic) bond motifs is 1. The van der Waals surface area contributed by atoms with Crippen molar-refractivity contribution in [3.05, 3.63) is 119 Å². The van der Waals surface area contributed by atoms with Crippen molar-refractivity contribution in [3.8, 4) is 45.2 Å². The van der Waals surface area contributed by atoms with Crippen LogP contribution in [0.1, 0.15) is 103 Å². The van der Waals surface area contributed by atoms with Crippen molar-refractivity contribution < 1.29 is 5.11 Å². The van der Waals surface area contributed by atoms with Crippen LogP contribution in [0.25, 0.3) is 50.5 Å². The average Bonchev–Trinajstić information content (AvgIpc) is 3.43. The average molecular weight is 636 g/mol. The maximum absolute atomic E-state index is 12.2. The van der Waals surface area contributed by atoms with E-state index in [-0.39, 0.29) is 22.7 Å². The summed E-state index contributed by atoms with van der Waals surface area (Å²) in [6.45, 7) is 22.2. The van der Waals surface area contributed by atoms with Crippen molar-refractivity contribution in [2.45, 2.75) is 91.9 Å². The van der Waals surface area contributed by atoms with Crippen molar-refractivity contribution in [1.82, 2.24) is 14.5 Å². The molecule has 0 fully saturated rings. The molecular formula is C44H49N3O. The molecule has 0 aliphatic carbocycles. The van der Waals surface area contributed by atoms with E-state index < -0.39 is 0 Å². The maximum atomic E-state index is 12.2. The molecule has 48 heavy (non-hydrogen) atoms. The lowest BCUT2D eigenvalue weighted by Crippen LogP contribution is -2.17. The van der Waals surface area contributed by atoms with Crippen LogP contribution in [-0.2, 0) is 10.8 Å². The largest absolute Gasteiger partial charge is 0.507 e. The first-order valence-corrected chi connectivity index (χ1v) is 17.2. The Balaban J connectivity index is 1.76. The van der Waals surface area contributed by atoms with Gasteiger partial charge >= 0.3 is 0 Å². The quantitative estimate of drug-likeness (QED) is 0.198. The minimum absolute atomic E-state index is 0.130. The second kappa shape index (κ2) is 12.4. The van der Waals surface area contributed by atoms with E-state index in [1.54, 1.807) is 0 Å². The molecule has 6 aromatic rings. The highest BCUT2D eigenvalue weighted by molar-refractivity contribution is 5.97. The first kappa shape index (κ1) is 33.2. The van der Waals surface area contributed by atoms with E-state index in [0.717, 1.165) is 56.1 Å². The molecule has 0 spiro atoms. The summed E-state index contributed by atoms with van der Waals surface area (Å²) >= 11 is 0. The fourth-order valence-electron chi connectivity index (χ4n) is 6.70. The predicted molar refractivity (Wildman–Crippen MR) is 202 cm³/mol. The van der Waals surface area contributed by atoms with Gasteiger partial charge < -0.3 is 5.11 Å². The zero-order chi connectivity index (χ0) is 34.5. The Kier molecular flexibility index (Phi) is 8.57. The van der Waals surface area contributed by atoms with Crippen molar-refractivity contribution >= 4 is 11.0 Å². The Morgan fingerprint density at radius 3 is 1.90 bits per heavy atom. The van der Waals surface area contributed by atoms with E-state index in [1.165, 1.54) is 16.7 Å². The minimum atomic E-state index is -0.271. The topological polar surface area (TPSA) is 50.9 Å². The lowest BCUT2D eigenvalue weighted by atomic mass is 9.79. The van der Waals surface area contributed by atoms with Gasteiger partial charge in [-0.1, -0.05) is 130 Å². The number of aromatic nitrogens is 3. The fraction of sp³-hybridized carbons (Fsp3) is 0.318. The Morgan fingerprint density at radius 1 is 0.646 bits per heavy atom. The van der Waals surface area contributed by atoms with E-state index in [0.29, 0.717) is 5.75 Å². The number of pyridine rings is 1. The smallest absolute Gasteiger partial charge is 0.149 e. The van der Waals surface area contributed by atoms with Gasteiger partial charge in [-0.3, -0.25) is 9.55 Å². The Morgan fingerprint density at radius 2 is 1.29 bits per heavy atom. The molecule has 0 unspecified atom stereocenters. The standard InChI is InChI=1S/C44H49N3O/c1-27(2)32-18-14-19-33(28(3)4)40(32)47-38-22-15-20-34(29-16-13-17-30(24-29)37-21-11-12-23-45-37)39(38)46-42(47)35-25-31(43(5,6)7)26-36(41(35)48)44(8,9)10/h11-28,48H,1-10H3. The molecule has 0 saturated heterocycles. The monoisotopic (exact) mass is 635 g/mol. The molecule has 2 aromatic heterocycles. The number of aromatic hydroxyl groups is 1. The summed E-state index contributed by atoms with van der Waals surface area (Å²) in [5.41, 5.74) is 12.1. The minimum Gasteiger partial charge on any atom is -0.507 e. The predicted octanol–water partition coefficient (Wildman–Crippen LogP) is 12.0. The van der Waals surface area contributed by atoms with Gasteiger partial charge in [-0.05, 0) is 75.3 Å². The molecule has 0 atom stereocenters. The summed E-state index contributed by atoms with van der Waals surface area (Å²) < 4.78 is 2.33. The first-order chi connectivity index (χ1) is 22.7. The lowest BCUT2D eigenvalue weighted by Gasteiger charge is -2.28. The SMILES string of the molecule is CC(C)c1cccc(C(C)C)c1-n1c(-c2cc(C(C)(C)C)cc(C(C)(C)C)c2O)nc2c(-c3cccc(-c4ccccn4)c3)cccc21. The number of imidazole rings is 1. The van der Waals surface area contributed by atoms with Crippen LogP contribution < -0.4 is 0 Å². The number of hydrogen-bond donors (Lipinski definition) is 1. The molecule has 0 aliphatic rings. The molecule has 4 nitrogen and oxygen atoms in total. The van der Waals surface area contributed by atoms with Crippen molar-refractivity contribution in [3.63, 3.8) is 0 Å². The number of para-hydroxylation sites is 2. The van der Waals surface area contributed by atoms with Crippen LogP contribution in [0.3, 0.4) is 0 Å². The fourth-order valence-corrected chi connectivity index (χ4v) is 6.70. The van der Waals surface area contributed by atoms with Crippen LogP contribution in [0.2, 0.25) is 0 Å². The molecule has 0 saturated carbocycles. The summed E-state index contributed by atoms with van der Waals surface area (Å²) in [6, 6.07) is 32.0. The van der Waals surface area contributed by atoms with Crippen LogP contribution >= 0.6 is 0 Å². The maximum Gasteiger partial charge on any atom is 0.149 e. The molecule has 0 radical (unpaired) electrons. The molecule has 1 N–H and O–H groups in total. The van der Waals surface area contributed by atoms with E-state index in [2.05, 4.69) is 152 Å². The number of nitrogens with zero attached hydrogens (tertiary/aromatic N) is 3. The van der Waals surface area contributed by atoms with Gasteiger partial charge in [0.25, 0.3) is 0 Å². The highest BCUT2D eigenvalue weighted by atomic mass is 16.3. The van der Waals surface area contributed by atoms with Gasteiger partial charge in [0, 0.05) is 22.9 Å². The molecule has 0 amide bonds. The number of rotatable bonds is 6. The van der Waals surface area contributed by atoms with Crippen molar-refractivity contribution in [2.75, 3.05) is 0 Å². The molecule has 0 bridgehead atoms. The number of phenolic OH excluding ortho intramolecular Hbond substituents is 1. The second-order valence-electron chi connectivity index (χ2n) is 15.8. The van der Waals surface area contributed by atoms with E-state index >= 15 is 0 Å². The lowest BCUT2D eigenvalue weighted by molar-refractivity contribution is 0.446. The van der Waals surface area contributed by atoms with Crippen LogP contribution in [-0.4, -0.2) is 19.6 Å². The zero-order valence-corrected chi connectivity index (χ0v) is 30.2. The second-order valence-corrected chi connectivity index (χ2v) is 15.8. The molecule has 2 heterocycles. The molecule has 6 rings (SSSR count). The molecule has 4 aromatic carbocycles. The molecule has 246 valence electrons. The van der Waals surface area contributed by atoms with Gasteiger partial charge in [0.2, 0.25) is 0 Å². The first-order valence-electron chi connectivity index (χ1n) is 17.2. The van der Waals surface area contributed by atoms with E-state index in [1.807, 2.05) is 24.4 Å². The van der Waals surface area contributed by atoms with Crippen LogP contribution in [0.5, 0.6) is 5.75 Å². The van der Waals surface area contributed by atoms with Gasteiger partial charge in [-0.2, -0.15) is 0 Å². The third kappa shape index (κ3) is 6.05. The molecular weight excluding hydrogens is 587 g/mol. The number of hydrogen-bond acceptors (Lipinski definition) is 3. The third-order valence-electron chi connectivity index (χ3n) is 9.41. The zero-order valence-electron chi connectivity index (χ0n) is 30.2.